The van der Waals surface area contributed by atoms with Crippen molar-refractivity contribution in [2.45, 2.75) is 26.5 Å². The van der Waals surface area contributed by atoms with Gasteiger partial charge < -0.3 is 19.7 Å². The predicted molar refractivity (Wildman–Crippen MR) is 111 cm³/mol. The van der Waals surface area contributed by atoms with Crippen LogP contribution in [0.4, 0.5) is 4.39 Å². The van der Waals surface area contributed by atoms with Crippen LogP contribution in [0.3, 0.4) is 0 Å². The maximum absolute atomic E-state index is 13.8. The lowest BCUT2D eigenvalue weighted by Gasteiger charge is -2.35. The zero-order valence-corrected chi connectivity index (χ0v) is 18.3. The van der Waals surface area contributed by atoms with E-state index in [1.807, 2.05) is 18.7 Å². The van der Waals surface area contributed by atoms with Crippen LogP contribution in [0.25, 0.3) is 0 Å². The number of piperazine rings is 1. The Labute approximate surface area is 172 Å². The van der Waals surface area contributed by atoms with Gasteiger partial charge in [-0.3, -0.25) is 4.99 Å². The Kier molecular flexibility index (Phi) is 8.66. The molecule has 0 atom stereocenters. The fraction of sp³-hybridized carbons (Fsp3) is 0.632. The second kappa shape index (κ2) is 10.7. The average Bonchev–Trinajstić information content (AvgIpc) is 2.68. The molecule has 10 heteroatoms. The van der Waals surface area contributed by atoms with Crippen LogP contribution < -0.4 is 10.1 Å². The Hall–Kier alpha value is -1.91. The van der Waals surface area contributed by atoms with E-state index in [9.17, 15) is 12.8 Å². The summed E-state index contributed by atoms with van der Waals surface area (Å²) in [7, 11) is -0.238. The molecule has 0 bridgehead atoms. The smallest absolute Gasteiger partial charge is 0.216 e. The largest absolute Gasteiger partial charge is 0.494 e. The number of hydrogen-bond donors (Lipinski definition) is 1. The molecule has 1 heterocycles. The van der Waals surface area contributed by atoms with Crippen LogP contribution in [0.2, 0.25) is 0 Å². The van der Waals surface area contributed by atoms with E-state index < -0.39 is 15.8 Å². The van der Waals surface area contributed by atoms with Crippen molar-refractivity contribution in [3.63, 3.8) is 0 Å². The van der Waals surface area contributed by atoms with Crippen LogP contribution in [-0.2, 0) is 21.3 Å². The number of ether oxygens (including phenoxy) is 2. The Morgan fingerprint density at radius 1 is 1.28 bits per heavy atom. The molecule has 8 nitrogen and oxygen atoms in total. The Balaban J connectivity index is 1.86. The molecular weight excluding hydrogens is 399 g/mol. The zero-order valence-electron chi connectivity index (χ0n) is 17.5. The second-order valence-electron chi connectivity index (χ2n) is 6.99. The summed E-state index contributed by atoms with van der Waals surface area (Å²) in [5.41, 5.74) is 0.760. The highest BCUT2D eigenvalue weighted by Gasteiger charge is 2.28. The first-order chi connectivity index (χ1) is 13.8. The van der Waals surface area contributed by atoms with Crippen LogP contribution in [0, 0.1) is 5.82 Å². The first kappa shape index (κ1) is 23.4. The first-order valence-corrected chi connectivity index (χ1v) is 11.2. The minimum Gasteiger partial charge on any atom is -0.494 e. The van der Waals surface area contributed by atoms with Gasteiger partial charge in [0.1, 0.15) is 0 Å². The van der Waals surface area contributed by atoms with Gasteiger partial charge in [0.25, 0.3) is 0 Å². The molecule has 0 saturated carbocycles. The summed E-state index contributed by atoms with van der Waals surface area (Å²) in [6.45, 7) is 6.20. The normalized spacial score (nSPS) is 16.3. The predicted octanol–water partition coefficient (Wildman–Crippen LogP) is 1.28. The van der Waals surface area contributed by atoms with Gasteiger partial charge in [0.2, 0.25) is 10.0 Å². The number of benzene rings is 1. The van der Waals surface area contributed by atoms with E-state index in [1.54, 1.807) is 19.2 Å². The molecule has 0 aliphatic carbocycles. The highest BCUT2D eigenvalue weighted by atomic mass is 32.2. The topological polar surface area (TPSA) is 83.5 Å². The molecule has 0 amide bonds. The van der Waals surface area contributed by atoms with Crippen LogP contribution >= 0.6 is 0 Å². The lowest BCUT2D eigenvalue weighted by atomic mass is 10.2. The number of nitrogens with one attached hydrogen (secondary N) is 1. The third-order valence-corrected chi connectivity index (χ3v) is 6.44. The molecule has 1 saturated heterocycles. The molecule has 2 rings (SSSR count). The van der Waals surface area contributed by atoms with E-state index in [-0.39, 0.29) is 24.2 Å². The standard InChI is InChI=1S/C19H31FN4O4S/c1-15(2)28-11-12-29(25,26)24-9-7-23(8-10-24)19(21-3)22-14-16-5-6-18(27-4)17(20)13-16/h5-6,13,15H,7-12,14H2,1-4H3,(H,21,22). The third-order valence-electron chi connectivity index (χ3n) is 4.60. The summed E-state index contributed by atoms with van der Waals surface area (Å²) >= 11 is 0. The SMILES string of the molecule is CN=C(NCc1ccc(OC)c(F)c1)N1CCN(S(=O)(=O)CCOC(C)C)CC1. The van der Waals surface area contributed by atoms with Crippen molar-refractivity contribution in [3.05, 3.63) is 29.6 Å². The van der Waals surface area contributed by atoms with E-state index >= 15 is 0 Å². The van der Waals surface area contributed by atoms with Gasteiger partial charge in [-0.2, -0.15) is 4.31 Å². The Morgan fingerprint density at radius 2 is 1.97 bits per heavy atom. The summed E-state index contributed by atoms with van der Waals surface area (Å²) < 4.78 is 50.5. The number of aliphatic imine (C=N–C) groups is 1. The molecule has 1 aliphatic heterocycles. The number of rotatable bonds is 8. The molecule has 1 fully saturated rings. The molecule has 0 spiro atoms. The summed E-state index contributed by atoms with van der Waals surface area (Å²) in [4.78, 5) is 6.26. The molecule has 29 heavy (non-hydrogen) atoms. The van der Waals surface area contributed by atoms with E-state index in [4.69, 9.17) is 9.47 Å². The average molecular weight is 431 g/mol. The van der Waals surface area contributed by atoms with Crippen molar-refractivity contribution in [3.8, 4) is 5.75 Å². The number of nitrogens with zero attached hydrogens (tertiary/aromatic N) is 3. The van der Waals surface area contributed by atoms with Gasteiger partial charge in [-0.05, 0) is 31.5 Å². The van der Waals surface area contributed by atoms with Crippen molar-refractivity contribution in [1.82, 2.24) is 14.5 Å². The van der Waals surface area contributed by atoms with Gasteiger partial charge in [-0.25, -0.2) is 12.8 Å². The molecule has 1 N–H and O–H groups in total. The number of halogens is 1. The second-order valence-corrected chi connectivity index (χ2v) is 9.08. The van der Waals surface area contributed by atoms with Crippen LogP contribution in [0.5, 0.6) is 5.75 Å². The van der Waals surface area contributed by atoms with Crippen molar-refractivity contribution in [2.24, 2.45) is 4.99 Å². The highest BCUT2D eigenvalue weighted by Crippen LogP contribution is 2.17. The summed E-state index contributed by atoms with van der Waals surface area (Å²) in [6, 6.07) is 4.79. The molecule has 1 aromatic carbocycles. The highest BCUT2D eigenvalue weighted by molar-refractivity contribution is 7.89. The summed E-state index contributed by atoms with van der Waals surface area (Å²) in [5.74, 6) is 0.430. The van der Waals surface area contributed by atoms with E-state index in [0.717, 1.165) is 5.56 Å². The van der Waals surface area contributed by atoms with Crippen molar-refractivity contribution < 1.29 is 22.3 Å². The minimum atomic E-state index is -3.33. The Morgan fingerprint density at radius 3 is 2.52 bits per heavy atom. The van der Waals surface area contributed by atoms with Crippen LogP contribution in [0.1, 0.15) is 19.4 Å². The maximum atomic E-state index is 13.8. The fourth-order valence-electron chi connectivity index (χ4n) is 3.03. The molecule has 1 aromatic rings. The number of methoxy groups -OCH3 is 1. The molecule has 0 unspecified atom stereocenters. The molecule has 0 aromatic heterocycles. The van der Waals surface area contributed by atoms with Gasteiger partial charge >= 0.3 is 0 Å². The van der Waals surface area contributed by atoms with E-state index in [1.165, 1.54) is 17.5 Å². The first-order valence-electron chi connectivity index (χ1n) is 9.64. The van der Waals surface area contributed by atoms with Gasteiger partial charge in [0.05, 0.1) is 25.6 Å². The van der Waals surface area contributed by atoms with Gasteiger partial charge in [0, 0.05) is 39.8 Å². The molecule has 1 aliphatic rings. The van der Waals surface area contributed by atoms with Crippen LogP contribution in [-0.4, -0.2) is 82.4 Å². The molecule has 164 valence electrons. The lowest BCUT2D eigenvalue weighted by Crippen LogP contribution is -2.54. The lowest BCUT2D eigenvalue weighted by molar-refractivity contribution is 0.0904. The minimum absolute atomic E-state index is 0.00984. The number of sulfonamides is 1. The number of hydrogen-bond acceptors (Lipinski definition) is 5. The van der Waals surface area contributed by atoms with Gasteiger partial charge in [-0.15, -0.1) is 0 Å². The van der Waals surface area contributed by atoms with E-state index in [2.05, 4.69) is 10.3 Å². The molecule has 0 radical (unpaired) electrons. The summed E-state index contributed by atoms with van der Waals surface area (Å²) in [5, 5.41) is 3.20. The molecular formula is C19H31FN4O4S. The van der Waals surface area contributed by atoms with Crippen molar-refractivity contribution in [2.75, 3.05) is 52.7 Å². The van der Waals surface area contributed by atoms with Gasteiger partial charge in [0.15, 0.2) is 17.5 Å². The monoisotopic (exact) mass is 430 g/mol. The van der Waals surface area contributed by atoms with Crippen molar-refractivity contribution in [1.29, 1.82) is 0 Å². The fourth-order valence-corrected chi connectivity index (χ4v) is 4.31. The quantitative estimate of drug-likeness (QED) is 0.494. The van der Waals surface area contributed by atoms with Crippen molar-refractivity contribution >= 4 is 16.0 Å². The Bertz CT molecular complexity index is 793. The summed E-state index contributed by atoms with van der Waals surface area (Å²) in [6.07, 6.45) is 0.00984. The number of guanidine groups is 1. The zero-order chi connectivity index (χ0) is 21.4. The van der Waals surface area contributed by atoms with Gasteiger partial charge in [-0.1, -0.05) is 6.07 Å². The van der Waals surface area contributed by atoms with Crippen LogP contribution in [0.15, 0.2) is 23.2 Å². The third kappa shape index (κ3) is 6.83. The maximum Gasteiger partial charge on any atom is 0.216 e. The van der Waals surface area contributed by atoms with E-state index in [0.29, 0.717) is 38.7 Å².